The maximum absolute atomic E-state index is 13.5. The second-order valence-corrected chi connectivity index (χ2v) is 9.79. The summed E-state index contributed by atoms with van der Waals surface area (Å²) in [7, 11) is 3.89. The van der Waals surface area contributed by atoms with Gasteiger partial charge in [-0.05, 0) is 61.6 Å². The lowest BCUT2D eigenvalue weighted by molar-refractivity contribution is -0.384. The van der Waals surface area contributed by atoms with E-state index in [2.05, 4.69) is 29.0 Å². The lowest BCUT2D eigenvalue weighted by Gasteiger charge is -2.47. The first kappa shape index (κ1) is 22.7. The van der Waals surface area contributed by atoms with Crippen molar-refractivity contribution in [1.82, 2.24) is 9.80 Å². The molecule has 1 aliphatic carbocycles. The van der Waals surface area contributed by atoms with E-state index in [-0.39, 0.29) is 22.4 Å². The third kappa shape index (κ3) is 4.22. The predicted octanol–water partition coefficient (Wildman–Crippen LogP) is 2.99. The molecule has 0 radical (unpaired) electrons. The topological polar surface area (TPSA) is 79.2 Å². The van der Waals surface area contributed by atoms with Crippen LogP contribution in [0.3, 0.4) is 0 Å². The number of nitro benzene ring substituents is 1. The first-order chi connectivity index (χ1) is 16.4. The Bertz CT molecular complexity index is 1060. The molecule has 1 amide bonds. The molecule has 2 saturated heterocycles. The Balaban J connectivity index is 1.22. The smallest absolute Gasteiger partial charge is 0.269 e. The Morgan fingerprint density at radius 1 is 1.06 bits per heavy atom. The Morgan fingerprint density at radius 2 is 1.79 bits per heavy atom. The van der Waals surface area contributed by atoms with Crippen LogP contribution in [0.1, 0.15) is 17.5 Å². The van der Waals surface area contributed by atoms with E-state index >= 15 is 0 Å². The van der Waals surface area contributed by atoms with E-state index in [0.29, 0.717) is 25.0 Å². The summed E-state index contributed by atoms with van der Waals surface area (Å²) >= 11 is 0. The van der Waals surface area contributed by atoms with Gasteiger partial charge in [0.05, 0.1) is 18.0 Å². The van der Waals surface area contributed by atoms with Gasteiger partial charge in [-0.15, -0.1) is 0 Å². The van der Waals surface area contributed by atoms with Crippen molar-refractivity contribution in [3.8, 4) is 5.75 Å². The van der Waals surface area contributed by atoms with E-state index in [0.717, 1.165) is 50.3 Å². The molecule has 0 aromatic heterocycles. The molecule has 8 nitrogen and oxygen atoms in total. The highest BCUT2D eigenvalue weighted by Gasteiger charge is 2.41. The van der Waals surface area contributed by atoms with Crippen molar-refractivity contribution < 1.29 is 14.5 Å². The number of piperazine rings is 1. The van der Waals surface area contributed by atoms with E-state index < -0.39 is 0 Å². The van der Waals surface area contributed by atoms with Gasteiger partial charge in [0.25, 0.3) is 5.69 Å². The number of carbonyl (C=O) groups excluding carboxylic acids is 1. The Labute approximate surface area is 200 Å². The zero-order chi connectivity index (χ0) is 23.8. The summed E-state index contributed by atoms with van der Waals surface area (Å²) in [4.78, 5) is 30.6. The van der Waals surface area contributed by atoms with Gasteiger partial charge in [-0.2, -0.15) is 0 Å². The number of fused-ring (bicyclic) bond motifs is 2. The van der Waals surface area contributed by atoms with Crippen molar-refractivity contribution in [3.63, 3.8) is 0 Å². The van der Waals surface area contributed by atoms with E-state index in [1.807, 2.05) is 11.0 Å². The number of amides is 1. The van der Waals surface area contributed by atoms with Gasteiger partial charge in [-0.3, -0.25) is 14.9 Å². The quantitative estimate of drug-likeness (QED) is 0.511. The molecule has 0 bridgehead atoms. The van der Waals surface area contributed by atoms with Crippen molar-refractivity contribution in [2.45, 2.75) is 25.3 Å². The average Bonchev–Trinajstić information content (AvgIpc) is 2.87. The maximum Gasteiger partial charge on any atom is 0.269 e. The number of carbonyl (C=O) groups is 1. The van der Waals surface area contributed by atoms with Crippen LogP contribution in [0, 0.1) is 22.0 Å². The highest BCUT2D eigenvalue weighted by molar-refractivity contribution is 5.79. The summed E-state index contributed by atoms with van der Waals surface area (Å²) in [6, 6.07) is 13.5. The standard InChI is InChI=1S/C26H32N4O4/c1-27-17-20(14-19-15-23-18(16-24(19)27)4-3-5-25(23)34-2)26(31)29-12-10-28(11-13-29)21-6-8-22(9-7-21)30(32)33/h3-9,19-20,24H,10-17H2,1-2H3/t19-,20-,24-/m0/s1. The number of methoxy groups -OCH3 is 1. The number of nitro groups is 1. The number of rotatable bonds is 4. The Kier molecular flexibility index (Phi) is 6.16. The summed E-state index contributed by atoms with van der Waals surface area (Å²) in [6.45, 7) is 3.65. The second-order valence-electron chi connectivity index (χ2n) is 9.79. The first-order valence-electron chi connectivity index (χ1n) is 12.1. The van der Waals surface area contributed by atoms with Crippen molar-refractivity contribution in [2.24, 2.45) is 11.8 Å². The monoisotopic (exact) mass is 464 g/mol. The van der Waals surface area contributed by atoms with Crippen LogP contribution in [0.5, 0.6) is 5.75 Å². The molecule has 3 atom stereocenters. The number of anilines is 1. The lowest BCUT2D eigenvalue weighted by Crippen LogP contribution is -2.56. The fourth-order valence-corrected chi connectivity index (χ4v) is 6.10. The zero-order valence-corrected chi connectivity index (χ0v) is 19.9. The van der Waals surface area contributed by atoms with Crippen LogP contribution in [-0.2, 0) is 17.6 Å². The molecule has 5 rings (SSSR count). The number of likely N-dealkylation sites (tertiary alicyclic amines) is 1. The molecule has 0 N–H and O–H groups in total. The molecule has 0 saturated carbocycles. The molecule has 2 fully saturated rings. The minimum absolute atomic E-state index is 0.0217. The fraction of sp³-hybridized carbons (Fsp3) is 0.500. The molecule has 2 aromatic carbocycles. The maximum atomic E-state index is 13.5. The minimum Gasteiger partial charge on any atom is -0.496 e. The van der Waals surface area contributed by atoms with E-state index in [4.69, 9.17) is 4.74 Å². The number of non-ortho nitro benzene ring substituents is 1. The number of likely N-dealkylation sites (N-methyl/N-ethyl adjacent to an activating group) is 1. The van der Waals surface area contributed by atoms with E-state index in [9.17, 15) is 14.9 Å². The number of benzene rings is 2. The summed E-state index contributed by atoms with van der Waals surface area (Å²) < 4.78 is 5.63. The van der Waals surface area contributed by atoms with E-state index in [1.165, 1.54) is 11.1 Å². The van der Waals surface area contributed by atoms with Gasteiger partial charge in [0.2, 0.25) is 5.91 Å². The van der Waals surface area contributed by atoms with Crippen LogP contribution < -0.4 is 9.64 Å². The number of hydrogen-bond donors (Lipinski definition) is 0. The second kappa shape index (κ2) is 9.25. The van der Waals surface area contributed by atoms with Crippen LogP contribution in [0.4, 0.5) is 11.4 Å². The summed E-state index contributed by atoms with van der Waals surface area (Å²) in [5.74, 6) is 1.71. The van der Waals surface area contributed by atoms with Gasteiger partial charge >= 0.3 is 0 Å². The average molecular weight is 465 g/mol. The minimum atomic E-state index is -0.382. The molecular weight excluding hydrogens is 432 g/mol. The highest BCUT2D eigenvalue weighted by atomic mass is 16.6. The third-order valence-corrected chi connectivity index (χ3v) is 7.92. The molecule has 34 heavy (non-hydrogen) atoms. The van der Waals surface area contributed by atoms with Crippen molar-refractivity contribution in [1.29, 1.82) is 0 Å². The number of nitrogens with zero attached hydrogens (tertiary/aromatic N) is 4. The number of hydrogen-bond acceptors (Lipinski definition) is 6. The van der Waals surface area contributed by atoms with Crippen LogP contribution in [0.15, 0.2) is 42.5 Å². The van der Waals surface area contributed by atoms with Gasteiger partial charge in [0.1, 0.15) is 5.75 Å². The molecule has 2 aliphatic heterocycles. The summed E-state index contributed by atoms with van der Waals surface area (Å²) in [6.07, 6.45) is 2.91. The molecule has 2 aromatic rings. The first-order valence-corrected chi connectivity index (χ1v) is 12.1. The molecule has 3 aliphatic rings. The Morgan fingerprint density at radius 3 is 2.47 bits per heavy atom. The van der Waals surface area contributed by atoms with Gasteiger partial charge in [0, 0.05) is 56.6 Å². The van der Waals surface area contributed by atoms with Crippen molar-refractivity contribution in [3.05, 3.63) is 63.7 Å². The summed E-state index contributed by atoms with van der Waals surface area (Å²) in [5, 5.41) is 10.9. The lowest BCUT2D eigenvalue weighted by atomic mass is 9.72. The Hall–Kier alpha value is -3.13. The molecule has 2 heterocycles. The van der Waals surface area contributed by atoms with Crippen LogP contribution in [0.25, 0.3) is 0 Å². The molecule has 8 heteroatoms. The zero-order valence-electron chi connectivity index (χ0n) is 19.9. The van der Waals surface area contributed by atoms with Crippen LogP contribution in [-0.4, -0.2) is 73.6 Å². The van der Waals surface area contributed by atoms with Gasteiger partial charge in [0.15, 0.2) is 0 Å². The predicted molar refractivity (Wildman–Crippen MR) is 130 cm³/mol. The SMILES string of the molecule is COc1cccc2c1C[C@@H]1C[C@H](C(=O)N3CCN(c4ccc([N+](=O)[O-])cc4)CC3)CN(C)[C@H]1C2. The van der Waals surface area contributed by atoms with Crippen LogP contribution in [0.2, 0.25) is 0 Å². The van der Waals surface area contributed by atoms with E-state index in [1.54, 1.807) is 31.4 Å². The van der Waals surface area contributed by atoms with Crippen molar-refractivity contribution >= 4 is 17.3 Å². The molecule has 180 valence electrons. The largest absolute Gasteiger partial charge is 0.496 e. The van der Waals surface area contributed by atoms with Crippen LogP contribution >= 0.6 is 0 Å². The van der Waals surface area contributed by atoms with Crippen molar-refractivity contribution in [2.75, 3.05) is 51.8 Å². The van der Waals surface area contributed by atoms with Gasteiger partial charge in [-0.1, -0.05) is 12.1 Å². The number of ether oxygens (including phenoxy) is 1. The molecule has 0 unspecified atom stereocenters. The van der Waals surface area contributed by atoms with Gasteiger partial charge < -0.3 is 19.4 Å². The molecule has 0 spiro atoms. The normalized spacial score (nSPS) is 24.8. The number of piperidine rings is 1. The fourth-order valence-electron chi connectivity index (χ4n) is 6.10. The third-order valence-electron chi connectivity index (χ3n) is 7.92. The molecular formula is C26H32N4O4. The van der Waals surface area contributed by atoms with Gasteiger partial charge in [-0.25, -0.2) is 0 Å². The highest BCUT2D eigenvalue weighted by Crippen LogP contribution is 2.40. The summed E-state index contributed by atoms with van der Waals surface area (Å²) in [5.41, 5.74) is 3.75.